The van der Waals surface area contributed by atoms with Crippen LogP contribution in [0, 0.1) is 6.92 Å². The van der Waals surface area contributed by atoms with Crippen molar-refractivity contribution in [1.29, 1.82) is 0 Å². The van der Waals surface area contributed by atoms with Crippen molar-refractivity contribution in [3.05, 3.63) is 59.4 Å². The van der Waals surface area contributed by atoms with Gasteiger partial charge >= 0.3 is 5.97 Å². The van der Waals surface area contributed by atoms with Crippen molar-refractivity contribution >= 4 is 16.0 Å². The van der Waals surface area contributed by atoms with Gasteiger partial charge in [-0.15, -0.1) is 0 Å². The maximum absolute atomic E-state index is 12.7. The first kappa shape index (κ1) is 17.1. The number of carboxylic acids is 1. The fourth-order valence-electron chi connectivity index (χ4n) is 2.25. The normalized spacial score (nSPS) is 11.6. The number of pyridine rings is 1. The molecule has 1 heterocycles. The number of likely N-dealkylation sites (N-methyl/N-ethyl adjacent to an activating group) is 1. The van der Waals surface area contributed by atoms with Gasteiger partial charge < -0.3 is 5.11 Å². The van der Waals surface area contributed by atoms with E-state index in [0.29, 0.717) is 13.0 Å². The lowest BCUT2D eigenvalue weighted by molar-refractivity contribution is 0.0696. The van der Waals surface area contributed by atoms with Crippen molar-refractivity contribution in [2.45, 2.75) is 18.2 Å². The van der Waals surface area contributed by atoms with Crippen molar-refractivity contribution < 1.29 is 18.3 Å². The highest BCUT2D eigenvalue weighted by molar-refractivity contribution is 7.89. The monoisotopic (exact) mass is 334 g/mol. The van der Waals surface area contributed by atoms with Crippen LogP contribution in [0.5, 0.6) is 0 Å². The zero-order valence-corrected chi connectivity index (χ0v) is 13.7. The Morgan fingerprint density at radius 1 is 1.22 bits per heavy atom. The molecule has 2 aromatic rings. The van der Waals surface area contributed by atoms with Crippen molar-refractivity contribution in [1.82, 2.24) is 9.29 Å². The molecule has 7 heteroatoms. The van der Waals surface area contributed by atoms with Crippen LogP contribution in [0.15, 0.2) is 47.6 Å². The first-order chi connectivity index (χ1) is 10.8. The second-order valence-electron chi connectivity index (χ2n) is 5.17. The van der Waals surface area contributed by atoms with Gasteiger partial charge in [0, 0.05) is 26.0 Å². The number of benzene rings is 1. The van der Waals surface area contributed by atoms with Gasteiger partial charge in [-0.05, 0) is 48.7 Å². The highest BCUT2D eigenvalue weighted by Gasteiger charge is 2.24. The lowest BCUT2D eigenvalue weighted by Crippen LogP contribution is -2.30. The SMILES string of the molecule is Cc1c(C(=O)O)cccc1S(=O)(=O)N(C)CCc1ccncc1. The molecule has 0 saturated heterocycles. The first-order valence-corrected chi connectivity index (χ1v) is 8.46. The Labute approximate surface area is 135 Å². The Kier molecular flexibility index (Phi) is 5.12. The predicted molar refractivity (Wildman–Crippen MR) is 85.9 cm³/mol. The highest BCUT2D eigenvalue weighted by atomic mass is 32.2. The molecule has 0 unspecified atom stereocenters. The Hall–Kier alpha value is -2.25. The zero-order chi connectivity index (χ0) is 17.0. The summed E-state index contributed by atoms with van der Waals surface area (Å²) in [6.45, 7) is 1.80. The summed E-state index contributed by atoms with van der Waals surface area (Å²) in [5.41, 5.74) is 1.22. The van der Waals surface area contributed by atoms with Crippen LogP contribution in [0.1, 0.15) is 21.5 Å². The molecule has 1 aromatic heterocycles. The number of sulfonamides is 1. The minimum absolute atomic E-state index is 0.00592. The van der Waals surface area contributed by atoms with E-state index in [4.69, 9.17) is 5.11 Å². The second kappa shape index (κ2) is 6.89. The summed E-state index contributed by atoms with van der Waals surface area (Å²) in [6.07, 6.45) is 3.87. The van der Waals surface area contributed by atoms with E-state index in [2.05, 4.69) is 4.98 Å². The largest absolute Gasteiger partial charge is 0.478 e. The number of nitrogens with zero attached hydrogens (tertiary/aromatic N) is 2. The maximum Gasteiger partial charge on any atom is 0.335 e. The molecule has 0 saturated carbocycles. The summed E-state index contributed by atoms with van der Waals surface area (Å²) in [7, 11) is -2.25. The maximum atomic E-state index is 12.7. The van der Waals surface area contributed by atoms with Crippen LogP contribution in [-0.4, -0.2) is 42.4 Å². The average Bonchev–Trinajstić information content (AvgIpc) is 2.53. The smallest absolute Gasteiger partial charge is 0.335 e. The summed E-state index contributed by atoms with van der Waals surface area (Å²) in [6, 6.07) is 7.93. The summed E-state index contributed by atoms with van der Waals surface area (Å²) in [4.78, 5) is 15.1. The van der Waals surface area contributed by atoms with Gasteiger partial charge in [-0.1, -0.05) is 6.07 Å². The van der Waals surface area contributed by atoms with E-state index >= 15 is 0 Å². The number of rotatable bonds is 6. The highest BCUT2D eigenvalue weighted by Crippen LogP contribution is 2.22. The van der Waals surface area contributed by atoms with Gasteiger partial charge in [-0.2, -0.15) is 0 Å². The van der Waals surface area contributed by atoms with Gasteiger partial charge in [0.05, 0.1) is 10.5 Å². The second-order valence-corrected chi connectivity index (χ2v) is 7.18. The summed E-state index contributed by atoms with van der Waals surface area (Å²) < 4.78 is 26.6. The number of aromatic carboxylic acids is 1. The lowest BCUT2D eigenvalue weighted by Gasteiger charge is -2.19. The Morgan fingerprint density at radius 3 is 2.48 bits per heavy atom. The van der Waals surface area contributed by atoms with Gasteiger partial charge in [-0.3, -0.25) is 4.98 Å². The van der Waals surface area contributed by atoms with E-state index in [1.54, 1.807) is 12.4 Å². The average molecular weight is 334 g/mol. The van der Waals surface area contributed by atoms with Crippen LogP contribution in [0.25, 0.3) is 0 Å². The van der Waals surface area contributed by atoms with E-state index in [0.717, 1.165) is 5.56 Å². The zero-order valence-electron chi connectivity index (χ0n) is 12.9. The summed E-state index contributed by atoms with van der Waals surface area (Å²) in [5, 5.41) is 9.13. The van der Waals surface area contributed by atoms with Gasteiger partial charge in [0.15, 0.2) is 0 Å². The standard InChI is InChI=1S/C16H18N2O4S/c1-12-14(16(19)20)4-3-5-15(12)23(21,22)18(2)11-8-13-6-9-17-10-7-13/h3-7,9-10H,8,11H2,1-2H3,(H,19,20). The number of carbonyl (C=O) groups is 1. The fourth-order valence-corrected chi connectivity index (χ4v) is 3.66. The molecule has 0 radical (unpaired) electrons. The molecular weight excluding hydrogens is 316 g/mol. The fraction of sp³-hybridized carbons (Fsp3) is 0.250. The van der Waals surface area contributed by atoms with E-state index in [1.165, 1.54) is 36.5 Å². The van der Waals surface area contributed by atoms with Crippen LogP contribution < -0.4 is 0 Å². The molecule has 6 nitrogen and oxygen atoms in total. The van der Waals surface area contributed by atoms with Crippen LogP contribution in [0.4, 0.5) is 0 Å². The molecule has 0 fully saturated rings. The third kappa shape index (κ3) is 3.75. The minimum Gasteiger partial charge on any atom is -0.478 e. The number of hydrogen-bond donors (Lipinski definition) is 1. The molecule has 1 N–H and O–H groups in total. The van der Waals surface area contributed by atoms with Crippen LogP contribution in [-0.2, 0) is 16.4 Å². The Bertz CT molecular complexity index is 804. The molecular formula is C16H18N2O4S. The molecule has 0 aliphatic heterocycles. The van der Waals surface area contributed by atoms with Gasteiger partial charge in [0.2, 0.25) is 10.0 Å². The van der Waals surface area contributed by atoms with Gasteiger partial charge in [0.25, 0.3) is 0 Å². The van der Waals surface area contributed by atoms with E-state index in [9.17, 15) is 13.2 Å². The molecule has 0 amide bonds. The number of aromatic nitrogens is 1. The van der Waals surface area contributed by atoms with Crippen molar-refractivity contribution in [3.8, 4) is 0 Å². The lowest BCUT2D eigenvalue weighted by atomic mass is 10.1. The van der Waals surface area contributed by atoms with Crippen LogP contribution in [0.2, 0.25) is 0 Å². The third-order valence-corrected chi connectivity index (χ3v) is 5.67. The molecule has 0 aliphatic carbocycles. The summed E-state index contributed by atoms with van der Waals surface area (Å²) >= 11 is 0. The molecule has 1 aromatic carbocycles. The van der Waals surface area contributed by atoms with Crippen LogP contribution >= 0.6 is 0 Å². The van der Waals surface area contributed by atoms with Crippen molar-refractivity contribution in [3.63, 3.8) is 0 Å². The molecule has 0 bridgehead atoms. The van der Waals surface area contributed by atoms with Gasteiger partial charge in [0.1, 0.15) is 0 Å². The first-order valence-electron chi connectivity index (χ1n) is 7.02. The predicted octanol–water partition coefficient (Wildman–Crippen LogP) is 1.95. The van der Waals surface area contributed by atoms with Crippen molar-refractivity contribution in [2.24, 2.45) is 0 Å². The molecule has 23 heavy (non-hydrogen) atoms. The molecule has 0 aliphatic rings. The van der Waals surface area contributed by atoms with Gasteiger partial charge in [-0.25, -0.2) is 17.5 Å². The number of carboxylic acid groups (broad SMARTS) is 1. The molecule has 122 valence electrons. The van der Waals surface area contributed by atoms with E-state index in [-0.39, 0.29) is 16.0 Å². The summed E-state index contributed by atoms with van der Waals surface area (Å²) in [5.74, 6) is -1.14. The molecule has 0 spiro atoms. The van der Waals surface area contributed by atoms with E-state index < -0.39 is 16.0 Å². The number of hydrogen-bond acceptors (Lipinski definition) is 4. The molecule has 0 atom stereocenters. The van der Waals surface area contributed by atoms with E-state index in [1.807, 2.05) is 12.1 Å². The quantitative estimate of drug-likeness (QED) is 0.872. The Balaban J connectivity index is 2.24. The van der Waals surface area contributed by atoms with Crippen LogP contribution in [0.3, 0.4) is 0 Å². The topological polar surface area (TPSA) is 87.6 Å². The molecule has 2 rings (SSSR count). The Morgan fingerprint density at radius 2 is 1.87 bits per heavy atom. The third-order valence-electron chi connectivity index (χ3n) is 3.67. The van der Waals surface area contributed by atoms with Crippen molar-refractivity contribution in [2.75, 3.05) is 13.6 Å². The minimum atomic E-state index is -3.74.